The van der Waals surface area contributed by atoms with Gasteiger partial charge in [0.2, 0.25) is 0 Å². The molecule has 1 saturated heterocycles. The lowest BCUT2D eigenvalue weighted by molar-refractivity contribution is -0.154. The molecule has 2 saturated carbocycles. The highest BCUT2D eigenvalue weighted by atomic mass is 16.5. The Kier molecular flexibility index (Phi) is 4.11. The van der Waals surface area contributed by atoms with Crippen molar-refractivity contribution in [3.05, 3.63) is 0 Å². The van der Waals surface area contributed by atoms with Crippen LogP contribution < -0.4 is 5.32 Å². The molecule has 0 spiro atoms. The molecule has 3 heteroatoms. The van der Waals surface area contributed by atoms with E-state index in [1.807, 2.05) is 0 Å². The minimum Gasteiger partial charge on any atom is -0.461 e. The topological polar surface area (TPSA) is 38.3 Å². The van der Waals surface area contributed by atoms with Gasteiger partial charge in [0.1, 0.15) is 12.1 Å². The fourth-order valence-electron chi connectivity index (χ4n) is 4.40. The largest absolute Gasteiger partial charge is 0.461 e. The normalized spacial score (nSPS) is 42.1. The summed E-state index contributed by atoms with van der Waals surface area (Å²) in [6, 6.07) is -0.00509. The quantitative estimate of drug-likeness (QED) is 0.797. The summed E-state index contributed by atoms with van der Waals surface area (Å²) in [6.45, 7) is 3.27. The van der Waals surface area contributed by atoms with Gasteiger partial charge >= 0.3 is 5.97 Å². The van der Waals surface area contributed by atoms with Gasteiger partial charge in [-0.1, -0.05) is 26.2 Å². The van der Waals surface area contributed by atoms with Crippen molar-refractivity contribution in [2.45, 2.75) is 70.4 Å². The van der Waals surface area contributed by atoms with Crippen molar-refractivity contribution in [1.82, 2.24) is 5.32 Å². The Morgan fingerprint density at radius 2 is 2.05 bits per heavy atom. The van der Waals surface area contributed by atoms with Crippen LogP contribution in [0.5, 0.6) is 0 Å². The van der Waals surface area contributed by atoms with Gasteiger partial charge in [-0.2, -0.15) is 0 Å². The second-order valence-electron chi connectivity index (χ2n) is 6.74. The number of hydrogen-bond donors (Lipinski definition) is 1. The van der Waals surface area contributed by atoms with Gasteiger partial charge in [0.15, 0.2) is 0 Å². The number of esters is 1. The maximum atomic E-state index is 12.4. The second-order valence-corrected chi connectivity index (χ2v) is 6.74. The smallest absolute Gasteiger partial charge is 0.323 e. The summed E-state index contributed by atoms with van der Waals surface area (Å²) in [5.41, 5.74) is 0. The highest BCUT2D eigenvalue weighted by molar-refractivity contribution is 5.77. The molecule has 0 aromatic heterocycles. The van der Waals surface area contributed by atoms with Crippen molar-refractivity contribution < 1.29 is 9.53 Å². The number of hydrogen-bond acceptors (Lipinski definition) is 3. The third-order valence-electron chi connectivity index (χ3n) is 5.59. The van der Waals surface area contributed by atoms with Gasteiger partial charge in [-0.05, 0) is 56.4 Å². The summed E-state index contributed by atoms with van der Waals surface area (Å²) in [4.78, 5) is 12.4. The molecular formula is C16H27NO2. The minimum absolute atomic E-state index is 0.00509. The van der Waals surface area contributed by atoms with E-state index in [1.54, 1.807) is 0 Å². The van der Waals surface area contributed by atoms with Crippen LogP contribution in [-0.4, -0.2) is 24.7 Å². The van der Waals surface area contributed by atoms with Crippen molar-refractivity contribution in [2.24, 2.45) is 17.8 Å². The molecule has 3 aliphatic rings. The summed E-state index contributed by atoms with van der Waals surface area (Å²) in [6.07, 6.45) is 9.91. The molecule has 19 heavy (non-hydrogen) atoms. The van der Waals surface area contributed by atoms with Gasteiger partial charge in [-0.3, -0.25) is 4.79 Å². The molecule has 5 atom stereocenters. The zero-order valence-corrected chi connectivity index (χ0v) is 12.1. The molecular weight excluding hydrogens is 238 g/mol. The third kappa shape index (κ3) is 2.81. The Morgan fingerprint density at radius 3 is 2.89 bits per heavy atom. The monoisotopic (exact) mass is 265 g/mol. The first-order valence-corrected chi connectivity index (χ1v) is 8.21. The molecule has 3 nitrogen and oxygen atoms in total. The number of fused-ring (bicyclic) bond motifs is 1. The summed E-state index contributed by atoms with van der Waals surface area (Å²) in [5, 5.41) is 3.40. The lowest BCUT2D eigenvalue weighted by Crippen LogP contribution is -2.39. The first-order valence-electron chi connectivity index (χ1n) is 8.21. The highest BCUT2D eigenvalue weighted by Gasteiger charge is 2.43. The van der Waals surface area contributed by atoms with Crippen molar-refractivity contribution in [3.8, 4) is 0 Å². The Bertz CT molecular complexity index is 331. The van der Waals surface area contributed by atoms with Crippen LogP contribution in [-0.2, 0) is 9.53 Å². The Balaban J connectivity index is 1.53. The summed E-state index contributed by atoms with van der Waals surface area (Å²) in [5.74, 6) is 2.09. The molecule has 2 aliphatic carbocycles. The van der Waals surface area contributed by atoms with E-state index >= 15 is 0 Å². The van der Waals surface area contributed by atoms with E-state index in [-0.39, 0.29) is 18.1 Å². The Labute approximate surface area is 116 Å². The summed E-state index contributed by atoms with van der Waals surface area (Å²) in [7, 11) is 0. The highest BCUT2D eigenvalue weighted by Crippen LogP contribution is 2.38. The van der Waals surface area contributed by atoms with Gasteiger partial charge in [-0.25, -0.2) is 0 Å². The Hall–Kier alpha value is -0.570. The van der Waals surface area contributed by atoms with Crippen LogP contribution in [0.1, 0.15) is 58.3 Å². The standard InChI is InChI=1S/C16H27NO2/c1-2-11-5-3-7-13(9-11)19-16(18)15-14-8-4-6-12(14)10-17-15/h11-15,17H,2-10H2,1H3. The van der Waals surface area contributed by atoms with Crippen molar-refractivity contribution in [2.75, 3.05) is 6.54 Å². The minimum atomic E-state index is -0.00509. The van der Waals surface area contributed by atoms with Crippen molar-refractivity contribution in [1.29, 1.82) is 0 Å². The molecule has 3 fully saturated rings. The summed E-state index contributed by atoms with van der Waals surface area (Å²) < 4.78 is 5.81. The van der Waals surface area contributed by atoms with Gasteiger partial charge in [0.05, 0.1) is 0 Å². The predicted molar refractivity (Wildman–Crippen MR) is 74.8 cm³/mol. The lowest BCUT2D eigenvalue weighted by atomic mass is 9.85. The average Bonchev–Trinajstić information content (AvgIpc) is 3.01. The molecule has 108 valence electrons. The third-order valence-corrected chi connectivity index (χ3v) is 5.59. The van der Waals surface area contributed by atoms with Crippen LogP contribution >= 0.6 is 0 Å². The van der Waals surface area contributed by atoms with E-state index in [1.165, 1.54) is 38.5 Å². The number of ether oxygens (including phenoxy) is 1. The molecule has 1 aliphatic heterocycles. The maximum absolute atomic E-state index is 12.4. The van der Waals surface area contributed by atoms with Gasteiger partial charge in [0.25, 0.3) is 0 Å². The number of carbonyl (C=O) groups is 1. The molecule has 0 aromatic carbocycles. The average molecular weight is 265 g/mol. The van der Waals surface area contributed by atoms with E-state index < -0.39 is 0 Å². The zero-order valence-electron chi connectivity index (χ0n) is 12.1. The molecule has 1 N–H and O–H groups in total. The van der Waals surface area contributed by atoms with Crippen LogP contribution in [0.25, 0.3) is 0 Å². The maximum Gasteiger partial charge on any atom is 0.323 e. The number of nitrogens with one attached hydrogen (secondary N) is 1. The molecule has 0 aromatic rings. The molecule has 0 bridgehead atoms. The molecule has 0 amide bonds. The van der Waals surface area contributed by atoms with Crippen LogP contribution in [0.3, 0.4) is 0 Å². The van der Waals surface area contributed by atoms with Crippen molar-refractivity contribution >= 4 is 5.97 Å². The first kappa shape index (κ1) is 13.4. The number of rotatable bonds is 3. The van der Waals surface area contributed by atoms with Crippen LogP contribution in [0.15, 0.2) is 0 Å². The van der Waals surface area contributed by atoms with E-state index in [2.05, 4.69) is 12.2 Å². The SMILES string of the molecule is CCC1CCCC(OC(=O)C2NCC3CCCC32)C1. The van der Waals surface area contributed by atoms with Gasteiger partial charge in [0, 0.05) is 0 Å². The van der Waals surface area contributed by atoms with Gasteiger partial charge < -0.3 is 10.1 Å². The number of carbonyl (C=O) groups excluding carboxylic acids is 1. The van der Waals surface area contributed by atoms with Crippen LogP contribution in [0.2, 0.25) is 0 Å². The fraction of sp³-hybridized carbons (Fsp3) is 0.938. The van der Waals surface area contributed by atoms with Crippen LogP contribution in [0.4, 0.5) is 0 Å². The van der Waals surface area contributed by atoms with E-state index in [0.717, 1.165) is 31.2 Å². The zero-order chi connectivity index (χ0) is 13.2. The molecule has 1 heterocycles. The summed E-state index contributed by atoms with van der Waals surface area (Å²) >= 11 is 0. The molecule has 0 radical (unpaired) electrons. The lowest BCUT2D eigenvalue weighted by Gasteiger charge is -2.29. The molecule has 5 unspecified atom stereocenters. The van der Waals surface area contributed by atoms with Gasteiger partial charge in [-0.15, -0.1) is 0 Å². The predicted octanol–water partition coefficient (Wildman–Crippen LogP) is 2.89. The second kappa shape index (κ2) is 5.82. The van der Waals surface area contributed by atoms with Crippen LogP contribution in [0, 0.1) is 17.8 Å². The van der Waals surface area contributed by atoms with E-state index in [9.17, 15) is 4.79 Å². The van der Waals surface area contributed by atoms with Crippen molar-refractivity contribution in [3.63, 3.8) is 0 Å². The van der Waals surface area contributed by atoms with E-state index in [4.69, 9.17) is 4.74 Å². The van der Waals surface area contributed by atoms with E-state index in [0.29, 0.717) is 5.92 Å². The fourth-order valence-corrected chi connectivity index (χ4v) is 4.40. The Morgan fingerprint density at radius 1 is 1.21 bits per heavy atom. The molecule has 3 rings (SSSR count). The first-order chi connectivity index (χ1) is 9.28.